The second-order valence-corrected chi connectivity index (χ2v) is 20.6. The Bertz CT molecular complexity index is 1280. The SMILES string of the molecule is CC/C=C\C/C=C\C/C=C\C/C=C\CCCCCCCCC(=O)OC(COC(=O)CCCCCCCCC)COC(=O)CCCCCCCCCCCCCCCCC/C=C\CCCCCCCCCC. The molecule has 0 aromatic rings. The molecule has 0 aliphatic heterocycles. The van der Waals surface area contributed by atoms with Gasteiger partial charge in [-0.3, -0.25) is 14.4 Å². The molecule has 0 spiro atoms. The van der Waals surface area contributed by atoms with Gasteiger partial charge in [-0.15, -0.1) is 0 Å². The van der Waals surface area contributed by atoms with E-state index >= 15 is 0 Å². The fourth-order valence-corrected chi connectivity index (χ4v) is 8.90. The second kappa shape index (κ2) is 59.7. The lowest BCUT2D eigenvalue weighted by atomic mass is 10.0. The average molecular weight is 994 g/mol. The fraction of sp³-hybridized carbons (Fsp3) is 0.800. The lowest BCUT2D eigenvalue weighted by Crippen LogP contribution is -2.30. The molecule has 0 aliphatic rings. The Balaban J connectivity index is 4.11. The van der Waals surface area contributed by atoms with Crippen molar-refractivity contribution in [1.29, 1.82) is 0 Å². The third-order valence-corrected chi connectivity index (χ3v) is 13.5. The van der Waals surface area contributed by atoms with Gasteiger partial charge in [0.05, 0.1) is 0 Å². The van der Waals surface area contributed by atoms with Gasteiger partial charge >= 0.3 is 17.9 Å². The molecule has 0 aliphatic carbocycles. The predicted molar refractivity (Wildman–Crippen MR) is 307 cm³/mol. The minimum Gasteiger partial charge on any atom is -0.462 e. The molecule has 0 N–H and O–H groups in total. The van der Waals surface area contributed by atoms with E-state index in [2.05, 4.69) is 81.5 Å². The molecule has 0 bridgehead atoms. The zero-order chi connectivity index (χ0) is 51.4. The van der Waals surface area contributed by atoms with Crippen LogP contribution in [-0.4, -0.2) is 37.2 Å². The summed E-state index contributed by atoms with van der Waals surface area (Å²) < 4.78 is 16.8. The van der Waals surface area contributed by atoms with Gasteiger partial charge in [0.1, 0.15) is 13.2 Å². The first kappa shape index (κ1) is 68.1. The van der Waals surface area contributed by atoms with Crippen LogP contribution in [0, 0.1) is 0 Å². The maximum absolute atomic E-state index is 12.8. The van der Waals surface area contributed by atoms with Crippen LogP contribution in [0.2, 0.25) is 0 Å². The van der Waals surface area contributed by atoms with Crippen LogP contribution in [0.4, 0.5) is 0 Å². The van der Waals surface area contributed by atoms with Crippen molar-refractivity contribution < 1.29 is 28.6 Å². The van der Waals surface area contributed by atoms with Crippen molar-refractivity contribution in [3.8, 4) is 0 Å². The highest BCUT2D eigenvalue weighted by Gasteiger charge is 2.19. The molecule has 0 saturated heterocycles. The molecule has 0 amide bonds. The van der Waals surface area contributed by atoms with E-state index in [0.29, 0.717) is 19.3 Å². The van der Waals surface area contributed by atoms with Gasteiger partial charge in [-0.05, 0) is 83.5 Å². The zero-order valence-electron chi connectivity index (χ0n) is 47.2. The largest absolute Gasteiger partial charge is 0.462 e. The molecule has 6 nitrogen and oxygen atoms in total. The van der Waals surface area contributed by atoms with E-state index in [9.17, 15) is 14.4 Å². The summed E-state index contributed by atoms with van der Waals surface area (Å²) in [7, 11) is 0. The number of hydrogen-bond donors (Lipinski definition) is 0. The molecule has 0 aromatic carbocycles. The summed E-state index contributed by atoms with van der Waals surface area (Å²) in [5.74, 6) is -0.886. The first-order valence-electron chi connectivity index (χ1n) is 30.8. The van der Waals surface area contributed by atoms with Crippen LogP contribution in [0.3, 0.4) is 0 Å². The minimum atomic E-state index is -0.778. The van der Waals surface area contributed by atoms with Crippen LogP contribution in [0.1, 0.15) is 316 Å². The summed E-state index contributed by atoms with van der Waals surface area (Å²) >= 11 is 0. The first-order chi connectivity index (χ1) is 35.0. The molecule has 412 valence electrons. The molecular weight excluding hydrogens is 877 g/mol. The number of hydrogen-bond acceptors (Lipinski definition) is 6. The van der Waals surface area contributed by atoms with Crippen LogP contribution in [0.5, 0.6) is 0 Å². The Morgan fingerprint density at radius 3 is 0.873 bits per heavy atom. The summed E-state index contributed by atoms with van der Waals surface area (Å²) in [6.07, 6.45) is 75.4. The number of esters is 3. The van der Waals surface area contributed by atoms with Crippen LogP contribution in [0.25, 0.3) is 0 Å². The third-order valence-electron chi connectivity index (χ3n) is 13.5. The minimum absolute atomic E-state index is 0.0775. The summed E-state index contributed by atoms with van der Waals surface area (Å²) in [6.45, 7) is 6.50. The van der Waals surface area contributed by atoms with Gasteiger partial charge in [0.2, 0.25) is 0 Å². The van der Waals surface area contributed by atoms with Crippen LogP contribution in [0.15, 0.2) is 60.8 Å². The van der Waals surface area contributed by atoms with Gasteiger partial charge in [0, 0.05) is 19.3 Å². The smallest absolute Gasteiger partial charge is 0.306 e. The first-order valence-corrected chi connectivity index (χ1v) is 30.8. The summed E-state index contributed by atoms with van der Waals surface area (Å²) in [4.78, 5) is 38.0. The van der Waals surface area contributed by atoms with Crippen LogP contribution < -0.4 is 0 Å². The molecule has 0 rings (SSSR count). The van der Waals surface area contributed by atoms with Gasteiger partial charge in [-0.25, -0.2) is 0 Å². The van der Waals surface area contributed by atoms with Gasteiger partial charge < -0.3 is 14.2 Å². The highest BCUT2D eigenvalue weighted by atomic mass is 16.6. The van der Waals surface area contributed by atoms with E-state index in [1.165, 1.54) is 180 Å². The Morgan fingerprint density at radius 1 is 0.296 bits per heavy atom. The maximum Gasteiger partial charge on any atom is 0.306 e. The Morgan fingerprint density at radius 2 is 0.549 bits per heavy atom. The molecular formula is C65H116O6. The molecule has 1 unspecified atom stereocenters. The van der Waals surface area contributed by atoms with Crippen molar-refractivity contribution in [3.05, 3.63) is 60.8 Å². The van der Waals surface area contributed by atoms with Crippen molar-refractivity contribution in [1.82, 2.24) is 0 Å². The van der Waals surface area contributed by atoms with Crippen LogP contribution in [-0.2, 0) is 28.6 Å². The topological polar surface area (TPSA) is 78.9 Å². The molecule has 71 heavy (non-hydrogen) atoms. The van der Waals surface area contributed by atoms with Crippen molar-refractivity contribution in [2.24, 2.45) is 0 Å². The highest BCUT2D eigenvalue weighted by molar-refractivity contribution is 5.71. The van der Waals surface area contributed by atoms with Gasteiger partial charge in [0.25, 0.3) is 0 Å². The Labute approximate surface area is 440 Å². The molecule has 0 aromatic heterocycles. The third kappa shape index (κ3) is 57.9. The molecule has 0 fully saturated rings. The van der Waals surface area contributed by atoms with E-state index in [-0.39, 0.29) is 31.1 Å². The number of rotatable bonds is 56. The summed E-state index contributed by atoms with van der Waals surface area (Å²) in [6, 6.07) is 0. The highest BCUT2D eigenvalue weighted by Crippen LogP contribution is 2.17. The number of ether oxygens (including phenoxy) is 3. The predicted octanol–water partition coefficient (Wildman–Crippen LogP) is 20.8. The molecule has 0 heterocycles. The fourth-order valence-electron chi connectivity index (χ4n) is 8.90. The lowest BCUT2D eigenvalue weighted by molar-refractivity contribution is -0.167. The summed E-state index contributed by atoms with van der Waals surface area (Å²) in [5.41, 5.74) is 0. The molecule has 6 heteroatoms. The van der Waals surface area contributed by atoms with Gasteiger partial charge in [0.15, 0.2) is 6.10 Å². The van der Waals surface area contributed by atoms with E-state index in [0.717, 1.165) is 96.3 Å². The number of unbranched alkanes of at least 4 members (excludes halogenated alkanes) is 35. The Kier molecular flexibility index (Phi) is 57.2. The molecule has 0 radical (unpaired) electrons. The van der Waals surface area contributed by atoms with Gasteiger partial charge in [-0.1, -0.05) is 274 Å². The number of carbonyl (C=O) groups is 3. The lowest BCUT2D eigenvalue weighted by Gasteiger charge is -2.18. The second-order valence-electron chi connectivity index (χ2n) is 20.6. The molecule has 1 atom stereocenters. The zero-order valence-corrected chi connectivity index (χ0v) is 47.2. The van der Waals surface area contributed by atoms with E-state index in [4.69, 9.17) is 14.2 Å². The normalized spacial score (nSPS) is 12.4. The standard InChI is InChI=1S/C65H116O6/c1-4-7-10-13-16-18-20-22-24-26-28-29-30-31-32-33-34-35-37-38-40-42-44-46-49-52-55-58-64(67)70-61-62(60-69-63(66)57-54-51-48-15-12-9-6-3)71-65(68)59-56-53-50-47-45-43-41-39-36-27-25-23-21-19-17-14-11-8-5-2/h8,11,17,19,23,25-26,28,36,39,62H,4-7,9-10,12-16,18,20-22,24,27,29-35,37-38,40-61H2,1-3H3/b11-8-,19-17-,25-23-,28-26-,39-36-. The average Bonchev–Trinajstić information content (AvgIpc) is 3.37. The number of allylic oxidation sites excluding steroid dienone is 10. The van der Waals surface area contributed by atoms with Crippen LogP contribution >= 0.6 is 0 Å². The van der Waals surface area contributed by atoms with E-state index in [1.807, 2.05) is 0 Å². The van der Waals surface area contributed by atoms with Crippen molar-refractivity contribution in [3.63, 3.8) is 0 Å². The van der Waals surface area contributed by atoms with Gasteiger partial charge in [-0.2, -0.15) is 0 Å². The molecule has 0 saturated carbocycles. The summed E-state index contributed by atoms with van der Waals surface area (Å²) in [5, 5.41) is 0. The Hall–Kier alpha value is -2.89. The maximum atomic E-state index is 12.8. The van der Waals surface area contributed by atoms with Crippen molar-refractivity contribution >= 4 is 17.9 Å². The number of carbonyl (C=O) groups excluding carboxylic acids is 3. The van der Waals surface area contributed by atoms with E-state index < -0.39 is 6.10 Å². The quantitative estimate of drug-likeness (QED) is 0.0261. The van der Waals surface area contributed by atoms with E-state index in [1.54, 1.807) is 0 Å². The van der Waals surface area contributed by atoms with Crippen molar-refractivity contribution in [2.75, 3.05) is 13.2 Å². The van der Waals surface area contributed by atoms with Crippen molar-refractivity contribution in [2.45, 2.75) is 322 Å². The monoisotopic (exact) mass is 993 g/mol.